The third kappa shape index (κ3) is 4.58. The summed E-state index contributed by atoms with van der Waals surface area (Å²) in [6.07, 6.45) is 0. The highest BCUT2D eigenvalue weighted by atomic mass is 79.9. The topological polar surface area (TPSA) is 88.9 Å². The lowest BCUT2D eigenvalue weighted by Gasteiger charge is -2.07. The van der Waals surface area contributed by atoms with Crippen molar-refractivity contribution in [3.05, 3.63) is 70.0 Å². The van der Waals surface area contributed by atoms with E-state index in [1.807, 2.05) is 0 Å². The molecule has 7 nitrogen and oxygen atoms in total. The second kappa shape index (κ2) is 8.26. The highest BCUT2D eigenvalue weighted by Crippen LogP contribution is 2.17. The second-order valence-electron chi connectivity index (χ2n) is 5.81. The molecule has 1 heterocycles. The van der Waals surface area contributed by atoms with Gasteiger partial charge in [-0.05, 0) is 43.3 Å². The van der Waals surface area contributed by atoms with Gasteiger partial charge in [0.05, 0.1) is 11.4 Å². The normalized spacial score (nSPS) is 10.6. The summed E-state index contributed by atoms with van der Waals surface area (Å²) >= 11 is 3.31. The molecule has 0 saturated heterocycles. The second-order valence-corrected chi connectivity index (χ2v) is 6.73. The van der Waals surface area contributed by atoms with Crippen LogP contribution in [0.25, 0.3) is 0 Å². The minimum absolute atomic E-state index is 0.0693. The number of rotatable bonds is 5. The van der Waals surface area contributed by atoms with E-state index in [0.717, 1.165) is 16.6 Å². The van der Waals surface area contributed by atoms with Crippen LogP contribution in [-0.2, 0) is 11.3 Å². The smallest absolute Gasteiger partial charge is 0.278 e. The van der Waals surface area contributed by atoms with Gasteiger partial charge in [0.25, 0.3) is 5.91 Å². The number of nitrogens with zero attached hydrogens (tertiary/aromatic N) is 3. The predicted octanol–water partition coefficient (Wildman–Crippen LogP) is 3.52. The van der Waals surface area contributed by atoms with Crippen LogP contribution in [0.15, 0.2) is 46.9 Å². The first-order valence-corrected chi connectivity index (χ1v) is 8.84. The highest BCUT2D eigenvalue weighted by Gasteiger charge is 2.19. The number of amides is 2. The van der Waals surface area contributed by atoms with Crippen LogP contribution in [-0.4, -0.2) is 26.8 Å². The van der Waals surface area contributed by atoms with E-state index in [4.69, 9.17) is 0 Å². The van der Waals surface area contributed by atoms with Crippen LogP contribution >= 0.6 is 15.9 Å². The van der Waals surface area contributed by atoms with Crippen molar-refractivity contribution >= 4 is 39.1 Å². The fourth-order valence-corrected chi connectivity index (χ4v) is 2.63. The molecular formula is C18H14BrF2N5O2. The molecular weight excluding hydrogens is 436 g/mol. The minimum Gasteiger partial charge on any atom is -0.324 e. The molecule has 0 aliphatic heterocycles. The molecule has 2 N–H and O–H groups in total. The van der Waals surface area contributed by atoms with Crippen LogP contribution in [0.2, 0.25) is 0 Å². The van der Waals surface area contributed by atoms with Crippen LogP contribution in [0.3, 0.4) is 0 Å². The molecule has 0 spiro atoms. The fraction of sp³-hybridized carbons (Fsp3) is 0.111. The van der Waals surface area contributed by atoms with Crippen molar-refractivity contribution < 1.29 is 18.4 Å². The monoisotopic (exact) mass is 449 g/mol. The molecule has 0 unspecified atom stereocenters. The van der Waals surface area contributed by atoms with Gasteiger partial charge in [0.1, 0.15) is 18.2 Å². The first kappa shape index (κ1) is 19.6. The van der Waals surface area contributed by atoms with E-state index in [9.17, 15) is 18.4 Å². The number of hydrogen-bond donors (Lipinski definition) is 2. The van der Waals surface area contributed by atoms with Crippen LogP contribution in [0.4, 0.5) is 20.2 Å². The van der Waals surface area contributed by atoms with Crippen LogP contribution in [0, 0.1) is 18.6 Å². The lowest BCUT2D eigenvalue weighted by molar-refractivity contribution is -0.117. The van der Waals surface area contributed by atoms with Crippen molar-refractivity contribution in [2.75, 3.05) is 10.6 Å². The zero-order chi connectivity index (χ0) is 20.3. The Labute approximate surface area is 166 Å². The van der Waals surface area contributed by atoms with Crippen LogP contribution in [0.5, 0.6) is 0 Å². The number of carbonyl (C=O) groups excluding carboxylic acids is 2. The minimum atomic E-state index is -0.910. The van der Waals surface area contributed by atoms with E-state index in [2.05, 4.69) is 36.9 Å². The lowest BCUT2D eigenvalue weighted by atomic mass is 10.2. The maximum atomic E-state index is 13.7. The Morgan fingerprint density at radius 1 is 1.11 bits per heavy atom. The maximum absolute atomic E-state index is 13.7. The summed E-state index contributed by atoms with van der Waals surface area (Å²) in [5, 5.41) is 12.6. The van der Waals surface area contributed by atoms with E-state index in [1.165, 1.54) is 4.68 Å². The zero-order valence-electron chi connectivity index (χ0n) is 14.5. The Hall–Kier alpha value is -3.14. The van der Waals surface area contributed by atoms with Gasteiger partial charge in [-0.1, -0.05) is 21.1 Å². The third-order valence-corrected chi connectivity index (χ3v) is 4.33. The van der Waals surface area contributed by atoms with Gasteiger partial charge in [-0.25, -0.2) is 13.5 Å². The summed E-state index contributed by atoms with van der Waals surface area (Å²) in [5.74, 6) is -2.74. The Kier molecular flexibility index (Phi) is 5.78. The molecule has 0 atom stereocenters. The summed E-state index contributed by atoms with van der Waals surface area (Å²) < 4.78 is 28.8. The van der Waals surface area contributed by atoms with Gasteiger partial charge in [-0.2, -0.15) is 0 Å². The van der Waals surface area contributed by atoms with Crippen molar-refractivity contribution in [2.24, 2.45) is 0 Å². The largest absolute Gasteiger partial charge is 0.324 e. The molecule has 3 rings (SSSR count). The highest BCUT2D eigenvalue weighted by molar-refractivity contribution is 9.10. The van der Waals surface area contributed by atoms with E-state index in [-0.39, 0.29) is 23.8 Å². The standard InChI is InChI=1S/C18H14BrF2N5O2/c1-10-17(18(28)23-15-7-4-12(20)8-14(15)21)24-25-26(10)9-16(27)22-13-5-2-11(19)3-6-13/h2-8H,9H2,1H3,(H,22,27)(H,23,28). The number of aromatic nitrogens is 3. The molecule has 28 heavy (non-hydrogen) atoms. The first-order chi connectivity index (χ1) is 13.3. The Bertz CT molecular complexity index is 1040. The number of hydrogen-bond acceptors (Lipinski definition) is 4. The summed E-state index contributed by atoms with van der Waals surface area (Å²) in [5.41, 5.74) is 0.676. The molecule has 3 aromatic rings. The van der Waals surface area contributed by atoms with E-state index >= 15 is 0 Å². The quantitative estimate of drug-likeness (QED) is 0.623. The van der Waals surface area contributed by atoms with Crippen LogP contribution < -0.4 is 10.6 Å². The Morgan fingerprint density at radius 3 is 2.50 bits per heavy atom. The molecule has 2 aromatic carbocycles. The van der Waals surface area contributed by atoms with Gasteiger partial charge in [0.15, 0.2) is 5.69 Å². The van der Waals surface area contributed by atoms with Gasteiger partial charge in [0.2, 0.25) is 5.91 Å². The summed E-state index contributed by atoms with van der Waals surface area (Å²) in [6, 6.07) is 9.81. The molecule has 0 aliphatic rings. The molecule has 0 saturated carbocycles. The van der Waals surface area contributed by atoms with Crippen molar-refractivity contribution in [1.29, 1.82) is 0 Å². The number of anilines is 2. The van der Waals surface area contributed by atoms with Crippen molar-refractivity contribution in [3.63, 3.8) is 0 Å². The molecule has 0 bridgehead atoms. The number of halogens is 3. The zero-order valence-corrected chi connectivity index (χ0v) is 16.1. The van der Waals surface area contributed by atoms with Crippen molar-refractivity contribution in [3.8, 4) is 0 Å². The van der Waals surface area contributed by atoms with E-state index < -0.39 is 17.5 Å². The molecule has 0 fully saturated rings. The SMILES string of the molecule is Cc1c(C(=O)Nc2ccc(F)cc2F)nnn1CC(=O)Nc1ccc(Br)cc1. The molecule has 144 valence electrons. The van der Waals surface area contributed by atoms with Gasteiger partial charge >= 0.3 is 0 Å². The molecule has 0 radical (unpaired) electrons. The summed E-state index contributed by atoms with van der Waals surface area (Å²) in [4.78, 5) is 24.5. The van der Waals surface area contributed by atoms with Crippen molar-refractivity contribution in [2.45, 2.75) is 13.5 Å². The molecule has 0 aliphatic carbocycles. The predicted molar refractivity (Wildman–Crippen MR) is 102 cm³/mol. The Morgan fingerprint density at radius 2 is 1.82 bits per heavy atom. The average Bonchev–Trinajstić information content (AvgIpc) is 3.00. The number of nitrogens with one attached hydrogen (secondary N) is 2. The van der Waals surface area contributed by atoms with Gasteiger partial charge in [-0.3, -0.25) is 9.59 Å². The molecule has 10 heteroatoms. The third-order valence-electron chi connectivity index (χ3n) is 3.80. The maximum Gasteiger partial charge on any atom is 0.278 e. The average molecular weight is 450 g/mol. The molecule has 2 amide bonds. The Balaban J connectivity index is 1.68. The summed E-state index contributed by atoms with van der Waals surface area (Å²) in [7, 11) is 0. The van der Waals surface area contributed by atoms with Crippen molar-refractivity contribution in [1.82, 2.24) is 15.0 Å². The van der Waals surface area contributed by atoms with E-state index in [0.29, 0.717) is 17.4 Å². The fourth-order valence-electron chi connectivity index (χ4n) is 2.36. The number of benzene rings is 2. The van der Waals surface area contributed by atoms with Gasteiger partial charge in [0, 0.05) is 16.2 Å². The summed E-state index contributed by atoms with van der Waals surface area (Å²) in [6.45, 7) is 1.40. The van der Waals surface area contributed by atoms with Gasteiger partial charge < -0.3 is 10.6 Å². The van der Waals surface area contributed by atoms with Gasteiger partial charge in [-0.15, -0.1) is 5.10 Å². The van der Waals surface area contributed by atoms with E-state index in [1.54, 1.807) is 31.2 Å². The van der Waals surface area contributed by atoms with Crippen LogP contribution in [0.1, 0.15) is 16.2 Å². The molecule has 1 aromatic heterocycles. The lowest BCUT2D eigenvalue weighted by Crippen LogP contribution is -2.21. The number of carbonyl (C=O) groups is 2. The first-order valence-electron chi connectivity index (χ1n) is 8.05.